The number of rotatable bonds is 4. The van der Waals surface area contributed by atoms with Crippen LogP contribution < -0.4 is 0 Å². The summed E-state index contributed by atoms with van der Waals surface area (Å²) < 4.78 is 94.5. The van der Waals surface area contributed by atoms with Crippen LogP contribution in [0, 0.1) is 12.7 Å². The lowest BCUT2D eigenvalue weighted by molar-refractivity contribution is -0.143. The first-order chi connectivity index (χ1) is 18.2. The minimum absolute atomic E-state index is 0.0779. The molecule has 2 heterocycles. The number of likely N-dealkylation sites (tertiary alicyclic amines) is 2. The van der Waals surface area contributed by atoms with Crippen LogP contribution in [0.3, 0.4) is 0 Å². The largest absolute Gasteiger partial charge is 0.416 e. The Balaban J connectivity index is 1.65. The van der Waals surface area contributed by atoms with Crippen LogP contribution >= 0.6 is 0 Å². The van der Waals surface area contributed by atoms with E-state index in [1.165, 1.54) is 31.0 Å². The number of halogens is 7. The van der Waals surface area contributed by atoms with E-state index in [0.717, 1.165) is 31.5 Å². The Hall–Kier alpha value is -2.82. The molecule has 4 nitrogen and oxygen atoms in total. The Morgan fingerprint density at radius 3 is 2.08 bits per heavy atom. The van der Waals surface area contributed by atoms with Crippen LogP contribution in [0.2, 0.25) is 0 Å². The summed E-state index contributed by atoms with van der Waals surface area (Å²) in [7, 11) is 1.38. The summed E-state index contributed by atoms with van der Waals surface area (Å²) in [6.07, 6.45) is -6.50. The van der Waals surface area contributed by atoms with Crippen molar-refractivity contribution >= 4 is 6.03 Å². The normalized spacial score (nSPS) is 21.7. The predicted octanol–water partition coefficient (Wildman–Crippen LogP) is 7.59. The van der Waals surface area contributed by atoms with Gasteiger partial charge in [-0.25, -0.2) is 9.18 Å². The van der Waals surface area contributed by atoms with Gasteiger partial charge >= 0.3 is 18.4 Å². The Morgan fingerprint density at radius 2 is 1.54 bits per heavy atom. The molecule has 0 aliphatic carbocycles. The van der Waals surface area contributed by atoms with Crippen LogP contribution in [0.5, 0.6) is 0 Å². The molecule has 2 aromatic carbocycles. The fourth-order valence-corrected chi connectivity index (χ4v) is 5.73. The molecule has 0 bridgehead atoms. The molecular formula is C28H32F7N3O. The molecular weight excluding hydrogens is 527 g/mol. The molecule has 0 saturated carbocycles. The zero-order valence-electron chi connectivity index (χ0n) is 22.0. The number of hydrogen-bond acceptors (Lipinski definition) is 2. The number of hydrogen-bond donors (Lipinski definition) is 0. The maximum absolute atomic E-state index is 13.9. The van der Waals surface area contributed by atoms with Crippen molar-refractivity contribution in [2.45, 2.75) is 70.0 Å². The summed E-state index contributed by atoms with van der Waals surface area (Å²) >= 11 is 0. The van der Waals surface area contributed by atoms with Gasteiger partial charge in [0.25, 0.3) is 0 Å². The molecule has 0 radical (unpaired) electrons. The van der Waals surface area contributed by atoms with Crippen molar-refractivity contribution < 1.29 is 35.5 Å². The van der Waals surface area contributed by atoms with E-state index in [-0.39, 0.29) is 17.7 Å². The van der Waals surface area contributed by atoms with E-state index in [9.17, 15) is 35.5 Å². The standard InChI is InChI=1S/C28H32F7N3O/c1-17-12-22(29)6-7-24(17)25-16-23(37-9-4-5-10-37)8-11-38(25)26(39)36(3)18(2)19-13-20(27(30,31)32)15-21(14-19)28(33,34)35/h6-7,12-15,18,23,25H,4-5,8-11,16H2,1-3H3/t18-,23-,25-/m1/s1. The monoisotopic (exact) mass is 559 g/mol. The average Bonchev–Trinajstić information content (AvgIpc) is 3.41. The van der Waals surface area contributed by atoms with Gasteiger partial charge in [-0.3, -0.25) is 0 Å². The van der Waals surface area contributed by atoms with Gasteiger partial charge in [-0.1, -0.05) is 6.07 Å². The van der Waals surface area contributed by atoms with Gasteiger partial charge < -0.3 is 14.7 Å². The Morgan fingerprint density at radius 1 is 0.949 bits per heavy atom. The Bertz CT molecular complexity index is 1160. The topological polar surface area (TPSA) is 26.8 Å². The van der Waals surface area contributed by atoms with Gasteiger partial charge in [-0.2, -0.15) is 26.3 Å². The summed E-state index contributed by atoms with van der Waals surface area (Å²) in [5, 5.41) is 0. The lowest BCUT2D eigenvalue weighted by Crippen LogP contribution is -2.51. The molecule has 2 aliphatic rings. The maximum Gasteiger partial charge on any atom is 0.416 e. The smallest absolute Gasteiger partial charge is 0.321 e. The van der Waals surface area contributed by atoms with Gasteiger partial charge in [0.05, 0.1) is 23.2 Å². The van der Waals surface area contributed by atoms with Gasteiger partial charge in [-0.05, 0) is 99.6 Å². The first kappa shape index (κ1) is 29.2. The minimum atomic E-state index is -4.99. The third-order valence-electron chi connectivity index (χ3n) is 8.04. The molecule has 39 heavy (non-hydrogen) atoms. The SMILES string of the molecule is Cc1cc(F)ccc1[C@H]1C[C@H](N2CCCC2)CCN1C(=O)N(C)[C@H](C)c1cc(C(F)(F)F)cc(C(F)(F)F)c1. The van der Waals surface area contributed by atoms with Crippen LogP contribution in [0.1, 0.15) is 72.5 Å². The second-order valence-corrected chi connectivity index (χ2v) is 10.5. The quantitative estimate of drug-likeness (QED) is 0.361. The highest BCUT2D eigenvalue weighted by Gasteiger charge is 2.40. The van der Waals surface area contributed by atoms with E-state index >= 15 is 0 Å². The lowest BCUT2D eigenvalue weighted by Gasteiger charge is -2.45. The lowest BCUT2D eigenvalue weighted by atomic mass is 9.88. The van der Waals surface area contributed by atoms with Crippen LogP contribution in [0.15, 0.2) is 36.4 Å². The van der Waals surface area contributed by atoms with Crippen LogP contribution in [0.25, 0.3) is 0 Å². The van der Waals surface area contributed by atoms with Crippen molar-refractivity contribution in [3.05, 3.63) is 70.0 Å². The van der Waals surface area contributed by atoms with Gasteiger partial charge in [0.2, 0.25) is 0 Å². The van der Waals surface area contributed by atoms with E-state index in [1.807, 2.05) is 0 Å². The minimum Gasteiger partial charge on any atom is -0.321 e. The van der Waals surface area contributed by atoms with Crippen LogP contribution in [0.4, 0.5) is 35.5 Å². The number of amides is 2. The molecule has 3 atom stereocenters. The zero-order chi connectivity index (χ0) is 28.7. The molecule has 0 unspecified atom stereocenters. The molecule has 2 saturated heterocycles. The Kier molecular flexibility index (Phi) is 8.21. The van der Waals surface area contributed by atoms with Crippen molar-refractivity contribution in [3.63, 3.8) is 0 Å². The molecule has 2 fully saturated rings. The highest BCUT2D eigenvalue weighted by Crippen LogP contribution is 2.40. The van der Waals surface area contributed by atoms with Crippen LogP contribution in [-0.4, -0.2) is 53.5 Å². The second kappa shape index (κ2) is 11.0. The number of benzene rings is 2. The predicted molar refractivity (Wildman–Crippen MR) is 132 cm³/mol. The van der Waals surface area contributed by atoms with E-state index in [1.54, 1.807) is 17.9 Å². The van der Waals surface area contributed by atoms with Gasteiger partial charge in [0.1, 0.15) is 5.82 Å². The number of piperidine rings is 1. The zero-order valence-corrected chi connectivity index (χ0v) is 22.0. The molecule has 214 valence electrons. The number of aryl methyl sites for hydroxylation is 1. The molecule has 2 amide bonds. The van der Waals surface area contributed by atoms with Crippen LogP contribution in [-0.2, 0) is 12.4 Å². The first-order valence-corrected chi connectivity index (χ1v) is 13.0. The van der Waals surface area contributed by atoms with E-state index in [2.05, 4.69) is 4.90 Å². The molecule has 0 aromatic heterocycles. The molecule has 0 N–H and O–H groups in total. The Labute approximate surface area is 223 Å². The summed E-state index contributed by atoms with van der Waals surface area (Å²) in [5.41, 5.74) is -1.68. The van der Waals surface area contributed by atoms with Crippen molar-refractivity contribution in [2.75, 3.05) is 26.7 Å². The first-order valence-electron chi connectivity index (χ1n) is 13.0. The summed E-state index contributed by atoms with van der Waals surface area (Å²) in [5.74, 6) is -0.406. The molecule has 2 aliphatic heterocycles. The maximum atomic E-state index is 13.9. The summed E-state index contributed by atoms with van der Waals surface area (Å²) in [6.45, 7) is 5.44. The third kappa shape index (κ3) is 6.34. The number of alkyl halides is 6. The summed E-state index contributed by atoms with van der Waals surface area (Å²) in [6, 6.07) is 3.97. The third-order valence-corrected chi connectivity index (χ3v) is 8.04. The number of carbonyl (C=O) groups is 1. The van der Waals surface area contributed by atoms with E-state index in [4.69, 9.17) is 0 Å². The second-order valence-electron chi connectivity index (χ2n) is 10.5. The molecule has 11 heteroatoms. The highest BCUT2D eigenvalue weighted by atomic mass is 19.4. The van der Waals surface area contributed by atoms with Gasteiger partial charge in [0, 0.05) is 19.6 Å². The van der Waals surface area contributed by atoms with E-state index < -0.39 is 47.4 Å². The number of nitrogens with zero attached hydrogens (tertiary/aromatic N) is 3. The molecule has 2 aromatic rings. The van der Waals surface area contributed by atoms with Crippen molar-refractivity contribution in [3.8, 4) is 0 Å². The number of carbonyl (C=O) groups excluding carboxylic acids is 1. The highest BCUT2D eigenvalue weighted by molar-refractivity contribution is 5.75. The summed E-state index contributed by atoms with van der Waals surface area (Å²) in [4.78, 5) is 19.0. The number of urea groups is 1. The molecule has 0 spiro atoms. The van der Waals surface area contributed by atoms with Crippen molar-refractivity contribution in [1.29, 1.82) is 0 Å². The van der Waals surface area contributed by atoms with E-state index in [0.29, 0.717) is 37.1 Å². The van der Waals surface area contributed by atoms with Crippen molar-refractivity contribution in [2.24, 2.45) is 0 Å². The fourth-order valence-electron chi connectivity index (χ4n) is 5.73. The average molecular weight is 560 g/mol. The molecule has 4 rings (SSSR count). The fraction of sp³-hybridized carbons (Fsp3) is 0.536. The van der Waals surface area contributed by atoms with Gasteiger partial charge in [-0.15, -0.1) is 0 Å². The van der Waals surface area contributed by atoms with Crippen molar-refractivity contribution in [1.82, 2.24) is 14.7 Å². The van der Waals surface area contributed by atoms with Gasteiger partial charge in [0.15, 0.2) is 0 Å².